The van der Waals surface area contributed by atoms with Gasteiger partial charge in [-0.1, -0.05) is 105 Å². The van der Waals surface area contributed by atoms with Crippen molar-refractivity contribution in [2.24, 2.45) is 0 Å². The fourth-order valence-corrected chi connectivity index (χ4v) is 7.13. The molecule has 2 aromatic heterocycles. The third-order valence-electron chi connectivity index (χ3n) is 9.04. The van der Waals surface area contributed by atoms with E-state index in [4.69, 9.17) is 10.7 Å². The molecule has 0 amide bonds. The maximum atomic E-state index is 6.56. The van der Waals surface area contributed by atoms with Crippen molar-refractivity contribution in [1.29, 1.82) is 0 Å². The Morgan fingerprint density at radius 2 is 1.57 bits per heavy atom. The molecule has 3 nitrogen and oxygen atoms in total. The fourth-order valence-electron chi connectivity index (χ4n) is 7.13. The Kier molecular flexibility index (Phi) is 5.23. The number of nitrogens with two attached hydrogens (primary N) is 1. The first-order valence-electron chi connectivity index (χ1n) is 14.6. The number of allylic oxidation sites excluding steroid dienone is 1. The molecule has 0 saturated carbocycles. The molecular weight excluding hydrogens is 510 g/mol. The molecule has 0 aliphatic heterocycles. The molecule has 0 atom stereocenters. The van der Waals surface area contributed by atoms with Crippen molar-refractivity contribution in [3.63, 3.8) is 0 Å². The molecule has 5 aromatic carbocycles. The predicted molar refractivity (Wildman–Crippen MR) is 178 cm³/mol. The van der Waals surface area contributed by atoms with Gasteiger partial charge in [0.2, 0.25) is 0 Å². The highest BCUT2D eigenvalue weighted by Crippen LogP contribution is 2.53. The van der Waals surface area contributed by atoms with Crippen LogP contribution in [0.1, 0.15) is 37.5 Å². The van der Waals surface area contributed by atoms with Crippen molar-refractivity contribution < 1.29 is 0 Å². The van der Waals surface area contributed by atoms with Crippen LogP contribution in [0.2, 0.25) is 0 Å². The summed E-state index contributed by atoms with van der Waals surface area (Å²) >= 11 is 0. The minimum atomic E-state index is -0.0942. The van der Waals surface area contributed by atoms with Gasteiger partial charge in [0.15, 0.2) is 0 Å². The number of pyridine rings is 1. The van der Waals surface area contributed by atoms with Crippen LogP contribution in [0.4, 0.5) is 5.69 Å². The highest BCUT2D eigenvalue weighted by molar-refractivity contribution is 6.14. The second-order valence-corrected chi connectivity index (χ2v) is 11.8. The molecule has 0 unspecified atom stereocenters. The fraction of sp³-hybridized carbons (Fsp3) is 0.103. The zero-order valence-electron chi connectivity index (χ0n) is 24.0. The molecule has 202 valence electrons. The lowest BCUT2D eigenvalue weighted by atomic mass is 9.80. The van der Waals surface area contributed by atoms with Gasteiger partial charge in [-0.05, 0) is 65.1 Å². The van der Waals surface area contributed by atoms with Crippen molar-refractivity contribution in [3.8, 4) is 28.1 Å². The van der Waals surface area contributed by atoms with E-state index < -0.39 is 0 Å². The summed E-state index contributed by atoms with van der Waals surface area (Å²) in [6.07, 6.45) is 4.04. The number of nitrogen functional groups attached to an aromatic ring is 1. The number of benzene rings is 5. The van der Waals surface area contributed by atoms with Crippen LogP contribution in [0.3, 0.4) is 0 Å². The van der Waals surface area contributed by atoms with E-state index >= 15 is 0 Å². The van der Waals surface area contributed by atoms with E-state index in [1.807, 2.05) is 19.1 Å². The summed E-state index contributed by atoms with van der Waals surface area (Å²) in [6.45, 7) is 6.73. The summed E-state index contributed by atoms with van der Waals surface area (Å²) in [5.74, 6) is 0. The molecule has 0 spiro atoms. The molecule has 2 N–H and O–H groups in total. The number of rotatable bonds is 3. The topological polar surface area (TPSA) is 43.8 Å². The predicted octanol–water partition coefficient (Wildman–Crippen LogP) is 9.92. The maximum Gasteiger partial charge on any atom is 0.0944 e. The number of aromatic nitrogens is 2. The van der Waals surface area contributed by atoms with Crippen LogP contribution in [0.25, 0.3) is 66.9 Å². The van der Waals surface area contributed by atoms with Crippen LogP contribution in [0.15, 0.2) is 115 Å². The van der Waals surface area contributed by atoms with E-state index in [0.29, 0.717) is 5.69 Å². The first kappa shape index (κ1) is 24.6. The number of para-hydroxylation sites is 1. The Hall–Kier alpha value is -5.15. The zero-order chi connectivity index (χ0) is 28.6. The summed E-state index contributed by atoms with van der Waals surface area (Å²) in [5, 5.41) is 3.66. The minimum Gasteiger partial charge on any atom is -0.396 e. The second-order valence-electron chi connectivity index (χ2n) is 11.8. The summed E-state index contributed by atoms with van der Waals surface area (Å²) in [7, 11) is 0. The van der Waals surface area contributed by atoms with Gasteiger partial charge in [-0.15, -0.1) is 0 Å². The lowest BCUT2D eigenvalue weighted by molar-refractivity contribution is 0.666. The Balaban J connectivity index is 1.36. The van der Waals surface area contributed by atoms with Crippen LogP contribution in [0, 0.1) is 0 Å². The molecule has 42 heavy (non-hydrogen) atoms. The van der Waals surface area contributed by atoms with Gasteiger partial charge in [-0.3, -0.25) is 0 Å². The number of fused-ring (bicyclic) bond motifs is 8. The zero-order valence-corrected chi connectivity index (χ0v) is 24.0. The first-order valence-corrected chi connectivity index (χ1v) is 14.6. The Bertz CT molecular complexity index is 2250. The van der Waals surface area contributed by atoms with Gasteiger partial charge in [0, 0.05) is 32.8 Å². The molecule has 0 fully saturated rings. The van der Waals surface area contributed by atoms with Gasteiger partial charge >= 0.3 is 0 Å². The standard InChI is InChI=1S/C39H31N3/c1-4-10-24-17-18-25-19-21-32(41-38(25)37(24)40)26-11-9-12-27(23-26)42-33-16-8-6-14-30(33)35-34(42)22-20-29-28-13-5-7-15-31(28)39(2,3)36(29)35/h4-23H,40H2,1-3H3/b10-4-. The van der Waals surface area contributed by atoms with E-state index in [9.17, 15) is 0 Å². The molecular formula is C39H31N3. The van der Waals surface area contributed by atoms with Crippen molar-refractivity contribution in [3.05, 3.63) is 132 Å². The average molecular weight is 542 g/mol. The van der Waals surface area contributed by atoms with E-state index in [2.05, 4.69) is 128 Å². The highest BCUT2D eigenvalue weighted by Gasteiger charge is 2.37. The Labute approximate surface area is 245 Å². The lowest BCUT2D eigenvalue weighted by Gasteiger charge is -2.22. The van der Waals surface area contributed by atoms with Crippen LogP contribution in [-0.4, -0.2) is 9.55 Å². The monoisotopic (exact) mass is 541 g/mol. The second kappa shape index (κ2) is 8.92. The number of nitrogens with zero attached hydrogens (tertiary/aromatic N) is 2. The van der Waals surface area contributed by atoms with Crippen LogP contribution >= 0.6 is 0 Å². The molecule has 8 rings (SSSR count). The largest absolute Gasteiger partial charge is 0.396 e. The number of hydrogen-bond acceptors (Lipinski definition) is 2. The summed E-state index contributed by atoms with van der Waals surface area (Å²) in [6, 6.07) is 39.3. The molecule has 0 bridgehead atoms. The van der Waals surface area contributed by atoms with E-state index in [-0.39, 0.29) is 5.41 Å². The Morgan fingerprint density at radius 1 is 0.762 bits per heavy atom. The van der Waals surface area contributed by atoms with E-state index in [1.165, 1.54) is 44.1 Å². The summed E-state index contributed by atoms with van der Waals surface area (Å²) < 4.78 is 2.41. The lowest BCUT2D eigenvalue weighted by Crippen LogP contribution is -2.15. The normalized spacial score (nSPS) is 13.8. The van der Waals surface area contributed by atoms with E-state index in [1.54, 1.807) is 0 Å². The first-order chi connectivity index (χ1) is 20.5. The van der Waals surface area contributed by atoms with Gasteiger partial charge in [0.1, 0.15) is 0 Å². The van der Waals surface area contributed by atoms with Crippen molar-refractivity contribution in [1.82, 2.24) is 9.55 Å². The van der Waals surface area contributed by atoms with Crippen molar-refractivity contribution in [2.45, 2.75) is 26.2 Å². The molecule has 0 saturated heterocycles. The van der Waals surface area contributed by atoms with Gasteiger partial charge in [-0.25, -0.2) is 4.98 Å². The van der Waals surface area contributed by atoms with Gasteiger partial charge in [-0.2, -0.15) is 0 Å². The van der Waals surface area contributed by atoms with Crippen LogP contribution in [-0.2, 0) is 5.41 Å². The smallest absolute Gasteiger partial charge is 0.0944 e. The molecule has 1 aliphatic carbocycles. The van der Waals surface area contributed by atoms with Crippen LogP contribution < -0.4 is 5.73 Å². The van der Waals surface area contributed by atoms with Gasteiger partial charge in [0.25, 0.3) is 0 Å². The van der Waals surface area contributed by atoms with Crippen molar-refractivity contribution in [2.75, 3.05) is 5.73 Å². The minimum absolute atomic E-state index is 0.0942. The van der Waals surface area contributed by atoms with E-state index in [0.717, 1.165) is 33.4 Å². The summed E-state index contributed by atoms with van der Waals surface area (Å²) in [4.78, 5) is 5.06. The van der Waals surface area contributed by atoms with Crippen molar-refractivity contribution >= 4 is 44.5 Å². The summed E-state index contributed by atoms with van der Waals surface area (Å²) in [5.41, 5.74) is 20.0. The van der Waals surface area contributed by atoms with Crippen LogP contribution in [0.5, 0.6) is 0 Å². The van der Waals surface area contributed by atoms with Gasteiger partial charge < -0.3 is 10.3 Å². The quantitative estimate of drug-likeness (QED) is 0.226. The SMILES string of the molecule is C/C=C\c1ccc2ccc(-c3cccc(-n4c5ccccc5c5c6c(ccc54)-c4ccccc4C6(C)C)c3)nc2c1N. The third-order valence-corrected chi connectivity index (χ3v) is 9.04. The number of hydrogen-bond donors (Lipinski definition) is 1. The Morgan fingerprint density at radius 3 is 2.45 bits per heavy atom. The average Bonchev–Trinajstić information content (AvgIpc) is 3.47. The van der Waals surface area contributed by atoms with Gasteiger partial charge in [0.05, 0.1) is 27.9 Å². The third kappa shape index (κ3) is 3.37. The maximum absolute atomic E-state index is 6.56. The molecule has 0 radical (unpaired) electrons. The molecule has 2 heterocycles. The molecule has 3 heteroatoms. The number of anilines is 1. The molecule has 1 aliphatic rings. The highest BCUT2D eigenvalue weighted by atomic mass is 15.0. The molecule has 7 aromatic rings.